The molecule has 4 heteroatoms. The van der Waals surface area contributed by atoms with Gasteiger partial charge < -0.3 is 15.3 Å². The van der Waals surface area contributed by atoms with Gasteiger partial charge in [0, 0.05) is 11.7 Å². The van der Waals surface area contributed by atoms with Crippen molar-refractivity contribution in [1.29, 1.82) is 0 Å². The summed E-state index contributed by atoms with van der Waals surface area (Å²) >= 11 is 0. The lowest BCUT2D eigenvalue weighted by Gasteiger charge is -2.18. The molecule has 0 spiro atoms. The average molecular weight is 281 g/mol. The number of nitrogens with one attached hydrogen (secondary N) is 3. The fourth-order valence-electron chi connectivity index (χ4n) is 2.54. The van der Waals surface area contributed by atoms with Gasteiger partial charge in [-0.2, -0.15) is 0 Å². The third-order valence-electron chi connectivity index (χ3n) is 4.02. The van der Waals surface area contributed by atoms with Gasteiger partial charge in [0.15, 0.2) is 0 Å². The first-order chi connectivity index (χ1) is 10.0. The highest BCUT2D eigenvalue weighted by Crippen LogP contribution is 2.25. The van der Waals surface area contributed by atoms with Crippen LogP contribution in [0.25, 0.3) is 11.0 Å². The zero-order valence-corrected chi connectivity index (χ0v) is 12.4. The molecule has 1 aromatic heterocycles. The molecule has 0 saturated carbocycles. The van der Waals surface area contributed by atoms with E-state index in [1.165, 1.54) is 11.1 Å². The molecule has 0 aliphatic carbocycles. The summed E-state index contributed by atoms with van der Waals surface area (Å²) in [6, 6.07) is 12.4. The van der Waals surface area contributed by atoms with E-state index >= 15 is 0 Å². The third kappa shape index (κ3) is 2.57. The Hall–Kier alpha value is -2.49. The first-order valence-electron chi connectivity index (χ1n) is 7.09. The summed E-state index contributed by atoms with van der Waals surface area (Å²) in [4.78, 5) is 16.9. The molecule has 0 fully saturated rings. The Morgan fingerprint density at radius 2 is 1.81 bits per heavy atom. The van der Waals surface area contributed by atoms with Crippen LogP contribution >= 0.6 is 0 Å². The summed E-state index contributed by atoms with van der Waals surface area (Å²) in [6.45, 7) is 6.35. The molecule has 3 aromatic rings. The number of benzene rings is 2. The average Bonchev–Trinajstić information content (AvgIpc) is 2.82. The number of aryl methyl sites for hydroxylation is 1. The van der Waals surface area contributed by atoms with Gasteiger partial charge >= 0.3 is 5.69 Å². The van der Waals surface area contributed by atoms with Crippen molar-refractivity contribution in [3.63, 3.8) is 0 Å². The smallest absolute Gasteiger partial charge is 0.323 e. The Bertz CT molecular complexity index is 845. The Morgan fingerprint density at radius 3 is 2.62 bits per heavy atom. The molecule has 3 rings (SSSR count). The fourth-order valence-corrected chi connectivity index (χ4v) is 2.54. The van der Waals surface area contributed by atoms with Crippen LogP contribution in [-0.2, 0) is 0 Å². The summed E-state index contributed by atoms with van der Waals surface area (Å²) in [5.74, 6) is 0. The number of rotatable bonds is 3. The van der Waals surface area contributed by atoms with Crippen LogP contribution < -0.4 is 11.0 Å². The van der Waals surface area contributed by atoms with Gasteiger partial charge in [-0.3, -0.25) is 0 Å². The summed E-state index contributed by atoms with van der Waals surface area (Å²) in [5, 5.41) is 3.54. The largest absolute Gasteiger partial charge is 0.378 e. The van der Waals surface area contributed by atoms with Crippen LogP contribution in [0.4, 0.5) is 5.69 Å². The Balaban J connectivity index is 1.91. The van der Waals surface area contributed by atoms with Gasteiger partial charge in [-0.15, -0.1) is 0 Å². The number of H-pyrrole nitrogens is 2. The number of fused-ring (bicyclic) bond motifs is 1. The summed E-state index contributed by atoms with van der Waals surface area (Å²) in [5.41, 5.74) is 6.33. The van der Waals surface area contributed by atoms with Gasteiger partial charge in [-0.25, -0.2) is 4.79 Å². The van der Waals surface area contributed by atoms with Crippen molar-refractivity contribution in [3.05, 3.63) is 63.6 Å². The number of aromatic nitrogens is 2. The molecule has 0 aliphatic heterocycles. The van der Waals surface area contributed by atoms with Crippen LogP contribution in [0.3, 0.4) is 0 Å². The molecular weight excluding hydrogens is 262 g/mol. The molecule has 108 valence electrons. The minimum atomic E-state index is -0.169. The van der Waals surface area contributed by atoms with E-state index in [9.17, 15) is 4.79 Å². The van der Waals surface area contributed by atoms with Gasteiger partial charge in [-0.05, 0) is 55.7 Å². The van der Waals surface area contributed by atoms with Gasteiger partial charge in [0.25, 0.3) is 0 Å². The van der Waals surface area contributed by atoms with Crippen molar-refractivity contribution in [3.8, 4) is 0 Å². The van der Waals surface area contributed by atoms with Gasteiger partial charge in [0.05, 0.1) is 11.0 Å². The van der Waals surface area contributed by atoms with E-state index in [1.54, 1.807) is 0 Å². The minimum Gasteiger partial charge on any atom is -0.378 e. The lowest BCUT2D eigenvalue weighted by molar-refractivity contribution is 0.883. The van der Waals surface area contributed by atoms with Crippen LogP contribution in [0.5, 0.6) is 0 Å². The van der Waals surface area contributed by atoms with Crippen LogP contribution in [0.1, 0.15) is 29.7 Å². The zero-order chi connectivity index (χ0) is 15.0. The maximum absolute atomic E-state index is 11.3. The van der Waals surface area contributed by atoms with Crippen molar-refractivity contribution < 1.29 is 0 Å². The molecule has 0 radical (unpaired) electrons. The van der Waals surface area contributed by atoms with Crippen molar-refractivity contribution >= 4 is 16.7 Å². The molecule has 21 heavy (non-hydrogen) atoms. The normalized spacial score (nSPS) is 12.5. The number of hydrogen-bond acceptors (Lipinski definition) is 2. The van der Waals surface area contributed by atoms with Crippen LogP contribution in [-0.4, -0.2) is 9.97 Å². The molecular formula is C17H19N3O. The van der Waals surface area contributed by atoms with E-state index < -0.39 is 0 Å². The van der Waals surface area contributed by atoms with E-state index in [2.05, 4.69) is 54.3 Å². The van der Waals surface area contributed by atoms with Gasteiger partial charge in [0.1, 0.15) is 0 Å². The summed E-state index contributed by atoms with van der Waals surface area (Å²) in [7, 11) is 0. The van der Waals surface area contributed by atoms with Crippen LogP contribution in [0, 0.1) is 13.8 Å². The van der Waals surface area contributed by atoms with Crippen molar-refractivity contribution in [2.45, 2.75) is 26.8 Å². The van der Waals surface area contributed by atoms with E-state index in [0.29, 0.717) is 0 Å². The number of anilines is 1. The predicted molar refractivity (Wildman–Crippen MR) is 86.9 cm³/mol. The van der Waals surface area contributed by atoms with Gasteiger partial charge in [0.2, 0.25) is 0 Å². The topological polar surface area (TPSA) is 60.7 Å². The van der Waals surface area contributed by atoms with E-state index in [4.69, 9.17) is 0 Å². The first-order valence-corrected chi connectivity index (χ1v) is 7.09. The molecule has 2 aromatic carbocycles. The maximum Gasteiger partial charge on any atom is 0.323 e. The Labute approximate surface area is 123 Å². The molecule has 1 unspecified atom stereocenters. The maximum atomic E-state index is 11.3. The molecule has 4 nitrogen and oxygen atoms in total. The molecule has 0 saturated heterocycles. The van der Waals surface area contributed by atoms with E-state index in [0.717, 1.165) is 22.3 Å². The molecule has 3 N–H and O–H groups in total. The minimum absolute atomic E-state index is 0.160. The molecule has 0 amide bonds. The monoisotopic (exact) mass is 281 g/mol. The van der Waals surface area contributed by atoms with Crippen LogP contribution in [0.2, 0.25) is 0 Å². The number of aromatic amines is 2. The Morgan fingerprint density at radius 1 is 1.05 bits per heavy atom. The third-order valence-corrected chi connectivity index (χ3v) is 4.02. The molecule has 0 bridgehead atoms. The number of imidazole rings is 1. The van der Waals surface area contributed by atoms with Crippen molar-refractivity contribution in [2.24, 2.45) is 0 Å². The SMILES string of the molecule is Cc1cccc(NC(C)c2ccc3[nH]c(=O)[nH]c3c2)c1C. The first kappa shape index (κ1) is 13.5. The second kappa shape index (κ2) is 5.13. The predicted octanol–water partition coefficient (Wildman–Crippen LogP) is 3.65. The molecule has 1 heterocycles. The lowest BCUT2D eigenvalue weighted by atomic mass is 10.0. The van der Waals surface area contributed by atoms with Crippen molar-refractivity contribution in [1.82, 2.24) is 9.97 Å². The quantitative estimate of drug-likeness (QED) is 0.686. The second-order valence-electron chi connectivity index (χ2n) is 5.50. The van der Waals surface area contributed by atoms with E-state index in [-0.39, 0.29) is 11.7 Å². The fraction of sp³-hybridized carbons (Fsp3) is 0.235. The van der Waals surface area contributed by atoms with E-state index in [1.807, 2.05) is 18.2 Å². The Kier molecular flexibility index (Phi) is 3.29. The second-order valence-corrected chi connectivity index (χ2v) is 5.50. The van der Waals surface area contributed by atoms with Crippen molar-refractivity contribution in [2.75, 3.05) is 5.32 Å². The van der Waals surface area contributed by atoms with Crippen LogP contribution in [0.15, 0.2) is 41.2 Å². The summed E-state index contributed by atoms with van der Waals surface area (Å²) in [6.07, 6.45) is 0. The lowest BCUT2D eigenvalue weighted by Crippen LogP contribution is -2.08. The van der Waals surface area contributed by atoms with Gasteiger partial charge in [-0.1, -0.05) is 18.2 Å². The summed E-state index contributed by atoms with van der Waals surface area (Å²) < 4.78 is 0. The highest BCUT2D eigenvalue weighted by atomic mass is 16.1. The standard InChI is InChI=1S/C17H19N3O/c1-10-5-4-6-14(11(10)2)18-12(3)13-7-8-15-16(9-13)20-17(21)19-15/h4-9,12,18H,1-3H3,(H2,19,20,21). The highest BCUT2D eigenvalue weighted by Gasteiger charge is 2.09. The number of hydrogen-bond donors (Lipinski definition) is 3. The molecule has 1 atom stereocenters. The molecule has 0 aliphatic rings. The zero-order valence-electron chi connectivity index (χ0n) is 12.4. The highest BCUT2D eigenvalue weighted by molar-refractivity contribution is 5.75.